The molecular weight excluding hydrogens is 372 g/mol. The number of ether oxygens (including phenoxy) is 2. The van der Waals surface area contributed by atoms with Gasteiger partial charge in [0.1, 0.15) is 0 Å². The normalized spacial score (nSPS) is 10.7. The molecule has 2 rings (SSSR count). The fourth-order valence-electron chi connectivity index (χ4n) is 2.39. The third-order valence-electron chi connectivity index (χ3n) is 3.59. The van der Waals surface area contributed by atoms with E-state index in [2.05, 4.69) is 11.4 Å². The number of nitrogens with one attached hydrogen (secondary N) is 1. The summed E-state index contributed by atoms with van der Waals surface area (Å²) in [5.74, 6) is 1.75. The lowest BCUT2D eigenvalue weighted by molar-refractivity contribution is -0.111. The van der Waals surface area contributed by atoms with Gasteiger partial charge in [0, 0.05) is 23.1 Å². The minimum atomic E-state index is -0.227. The molecule has 0 aliphatic rings. The number of nitrogens with zero attached hydrogens (tertiary/aromatic N) is 1. The molecule has 0 bridgehead atoms. The number of para-hydroxylation sites is 1. The van der Waals surface area contributed by atoms with Crippen molar-refractivity contribution in [1.29, 1.82) is 5.26 Å². The van der Waals surface area contributed by atoms with Gasteiger partial charge < -0.3 is 14.8 Å². The molecule has 0 saturated heterocycles. The maximum Gasteiger partial charge on any atom is 0.248 e. The third-order valence-corrected chi connectivity index (χ3v) is 4.67. The molecule has 0 unspecified atom stereocenters. The highest BCUT2D eigenvalue weighted by Gasteiger charge is 2.08. The molecule has 0 heterocycles. The van der Waals surface area contributed by atoms with Gasteiger partial charge >= 0.3 is 0 Å². The molecule has 2 aromatic carbocycles. The average molecular weight is 397 g/mol. The summed E-state index contributed by atoms with van der Waals surface area (Å²) in [4.78, 5) is 13.3. The van der Waals surface area contributed by atoms with Gasteiger partial charge in [0.2, 0.25) is 5.91 Å². The second-order valence-corrected chi connectivity index (χ2v) is 7.29. The van der Waals surface area contributed by atoms with Crippen LogP contribution < -0.4 is 14.8 Å². The Hall–Kier alpha value is -2.91. The van der Waals surface area contributed by atoms with Crippen molar-refractivity contribution in [2.24, 2.45) is 0 Å². The van der Waals surface area contributed by atoms with E-state index in [1.165, 1.54) is 6.08 Å². The fraction of sp³-hybridized carbons (Fsp3) is 0.273. The lowest BCUT2D eigenvalue weighted by Crippen LogP contribution is -2.08. The van der Waals surface area contributed by atoms with Gasteiger partial charge in [-0.15, -0.1) is 11.8 Å². The van der Waals surface area contributed by atoms with Crippen molar-refractivity contribution in [2.75, 3.05) is 18.2 Å². The van der Waals surface area contributed by atoms with Crippen LogP contribution in [0.5, 0.6) is 11.5 Å². The fourth-order valence-corrected chi connectivity index (χ4v) is 3.25. The van der Waals surface area contributed by atoms with E-state index in [0.29, 0.717) is 23.7 Å². The first-order valence-corrected chi connectivity index (χ1v) is 9.94. The zero-order chi connectivity index (χ0) is 20.4. The van der Waals surface area contributed by atoms with Gasteiger partial charge in [-0.05, 0) is 49.8 Å². The first-order chi connectivity index (χ1) is 13.5. The number of benzene rings is 2. The molecule has 0 saturated carbocycles. The molecule has 146 valence electrons. The maximum atomic E-state index is 12.3. The molecule has 1 amide bonds. The largest absolute Gasteiger partial charge is 0.493 e. The quantitative estimate of drug-likeness (QED) is 0.361. The predicted octanol–water partition coefficient (Wildman–Crippen LogP) is 5.14. The first kappa shape index (κ1) is 21.4. The zero-order valence-corrected chi connectivity index (χ0v) is 17.1. The van der Waals surface area contributed by atoms with Crippen LogP contribution in [-0.4, -0.2) is 24.9 Å². The average Bonchev–Trinajstić information content (AvgIpc) is 2.68. The Bertz CT molecular complexity index is 872. The summed E-state index contributed by atoms with van der Waals surface area (Å²) in [6.07, 6.45) is 3.72. The molecule has 0 aliphatic heterocycles. The minimum absolute atomic E-state index is 0.0483. The van der Waals surface area contributed by atoms with Crippen LogP contribution in [0.3, 0.4) is 0 Å². The van der Waals surface area contributed by atoms with Gasteiger partial charge in [-0.25, -0.2) is 0 Å². The second kappa shape index (κ2) is 11.1. The van der Waals surface area contributed by atoms with Crippen molar-refractivity contribution in [1.82, 2.24) is 0 Å². The smallest absolute Gasteiger partial charge is 0.248 e. The molecule has 0 aliphatic carbocycles. The van der Waals surface area contributed by atoms with E-state index in [0.717, 1.165) is 16.1 Å². The molecule has 5 nitrogen and oxygen atoms in total. The predicted molar refractivity (Wildman–Crippen MR) is 114 cm³/mol. The van der Waals surface area contributed by atoms with E-state index in [4.69, 9.17) is 14.7 Å². The lowest BCUT2D eigenvalue weighted by Gasteiger charge is -2.13. The number of amides is 1. The van der Waals surface area contributed by atoms with Crippen molar-refractivity contribution in [3.63, 3.8) is 0 Å². The van der Waals surface area contributed by atoms with Crippen LogP contribution in [0.2, 0.25) is 0 Å². The van der Waals surface area contributed by atoms with Crippen molar-refractivity contribution < 1.29 is 14.3 Å². The summed E-state index contributed by atoms with van der Waals surface area (Å²) in [7, 11) is 1.59. The van der Waals surface area contributed by atoms with E-state index in [1.54, 1.807) is 24.9 Å². The Morgan fingerprint density at radius 1 is 1.25 bits per heavy atom. The Balaban J connectivity index is 2.05. The number of nitriles is 1. The highest BCUT2D eigenvalue weighted by atomic mass is 32.2. The van der Waals surface area contributed by atoms with Gasteiger partial charge in [-0.2, -0.15) is 5.26 Å². The van der Waals surface area contributed by atoms with Crippen LogP contribution in [0.4, 0.5) is 5.69 Å². The monoisotopic (exact) mass is 396 g/mol. The van der Waals surface area contributed by atoms with Crippen LogP contribution in [0.15, 0.2) is 53.4 Å². The number of carbonyl (C=O) groups is 1. The van der Waals surface area contributed by atoms with E-state index in [-0.39, 0.29) is 12.0 Å². The van der Waals surface area contributed by atoms with Crippen LogP contribution in [0.1, 0.15) is 25.8 Å². The second-order valence-electron chi connectivity index (χ2n) is 6.15. The van der Waals surface area contributed by atoms with E-state index in [9.17, 15) is 4.79 Å². The number of thioether (sulfide) groups is 1. The van der Waals surface area contributed by atoms with Gasteiger partial charge in [-0.1, -0.05) is 18.2 Å². The number of methoxy groups -OCH3 is 1. The summed E-state index contributed by atoms with van der Waals surface area (Å²) in [5, 5.41) is 11.6. The van der Waals surface area contributed by atoms with Crippen LogP contribution in [0.25, 0.3) is 6.08 Å². The molecule has 0 aromatic heterocycles. The summed E-state index contributed by atoms with van der Waals surface area (Å²) in [6, 6.07) is 15.2. The van der Waals surface area contributed by atoms with Gasteiger partial charge in [0.15, 0.2) is 11.5 Å². The number of rotatable bonds is 9. The van der Waals surface area contributed by atoms with Crippen molar-refractivity contribution in [2.45, 2.75) is 31.3 Å². The van der Waals surface area contributed by atoms with Gasteiger partial charge in [0.25, 0.3) is 0 Å². The SMILES string of the molecule is COc1cc(/C=C/C(=O)Nc2ccccc2SCCC#N)ccc1OC(C)C. The highest BCUT2D eigenvalue weighted by molar-refractivity contribution is 7.99. The van der Waals surface area contributed by atoms with E-state index in [1.807, 2.05) is 56.3 Å². The molecule has 2 aromatic rings. The number of hydrogen-bond donors (Lipinski definition) is 1. The molecule has 0 fully saturated rings. The Morgan fingerprint density at radius 3 is 2.75 bits per heavy atom. The van der Waals surface area contributed by atoms with Crippen molar-refractivity contribution >= 4 is 29.4 Å². The Morgan fingerprint density at radius 2 is 2.04 bits per heavy atom. The van der Waals surface area contributed by atoms with Crippen LogP contribution >= 0.6 is 11.8 Å². The summed E-state index contributed by atoms with van der Waals surface area (Å²) in [6.45, 7) is 3.90. The number of hydrogen-bond acceptors (Lipinski definition) is 5. The van der Waals surface area contributed by atoms with E-state index >= 15 is 0 Å². The van der Waals surface area contributed by atoms with Crippen molar-refractivity contribution in [3.8, 4) is 17.6 Å². The highest BCUT2D eigenvalue weighted by Crippen LogP contribution is 2.30. The molecular formula is C22H24N2O3S. The molecule has 0 spiro atoms. The standard InChI is InChI=1S/C22H24N2O3S/c1-16(2)27-19-11-9-17(15-20(19)26-3)10-12-22(25)24-18-7-4-5-8-21(18)28-14-6-13-23/h4-5,7-12,15-16H,6,14H2,1-3H3,(H,24,25)/b12-10+. The number of anilines is 1. The first-order valence-electron chi connectivity index (χ1n) is 8.96. The summed E-state index contributed by atoms with van der Waals surface area (Å²) in [5.41, 5.74) is 1.57. The number of carbonyl (C=O) groups excluding carboxylic acids is 1. The summed E-state index contributed by atoms with van der Waals surface area (Å²) < 4.78 is 11.1. The topological polar surface area (TPSA) is 71.3 Å². The maximum absolute atomic E-state index is 12.3. The molecule has 0 atom stereocenters. The van der Waals surface area contributed by atoms with Crippen LogP contribution in [0, 0.1) is 11.3 Å². The zero-order valence-electron chi connectivity index (χ0n) is 16.3. The minimum Gasteiger partial charge on any atom is -0.493 e. The molecule has 1 N–H and O–H groups in total. The summed E-state index contributed by atoms with van der Waals surface area (Å²) >= 11 is 1.55. The van der Waals surface area contributed by atoms with Gasteiger partial charge in [0.05, 0.1) is 25.0 Å². The lowest BCUT2D eigenvalue weighted by atomic mass is 10.2. The van der Waals surface area contributed by atoms with E-state index < -0.39 is 0 Å². The van der Waals surface area contributed by atoms with Crippen molar-refractivity contribution in [3.05, 3.63) is 54.1 Å². The molecule has 28 heavy (non-hydrogen) atoms. The Labute approximate surface area is 170 Å². The van der Waals surface area contributed by atoms with Gasteiger partial charge in [-0.3, -0.25) is 4.79 Å². The molecule has 0 radical (unpaired) electrons. The third kappa shape index (κ3) is 6.67. The Kier molecular flexibility index (Phi) is 8.44. The molecule has 6 heteroatoms. The van der Waals surface area contributed by atoms with Crippen LogP contribution in [-0.2, 0) is 4.79 Å².